The van der Waals surface area contributed by atoms with Gasteiger partial charge in [0.15, 0.2) is 0 Å². The second kappa shape index (κ2) is 15.7. The van der Waals surface area contributed by atoms with Crippen LogP contribution in [0.5, 0.6) is 0 Å². The van der Waals surface area contributed by atoms with Crippen LogP contribution in [0.4, 0.5) is 4.39 Å². The molecule has 0 saturated carbocycles. The number of carbonyl (C=O) groups excluding carboxylic acids is 1. The van der Waals surface area contributed by atoms with E-state index in [1.54, 1.807) is 25.3 Å². The normalized spacial score (nSPS) is 12.6. The molecular formula is C34H45ClFN3O4S. The van der Waals surface area contributed by atoms with E-state index in [0.717, 1.165) is 34.4 Å². The van der Waals surface area contributed by atoms with E-state index in [4.69, 9.17) is 11.6 Å². The second-order valence-corrected chi connectivity index (χ2v) is 12.6. The molecular weight excluding hydrogens is 601 g/mol. The van der Waals surface area contributed by atoms with Gasteiger partial charge in [0.05, 0.1) is 12.5 Å². The average Bonchev–Trinajstić information content (AvgIpc) is 2.87. The monoisotopic (exact) mass is 645 g/mol. The zero-order valence-electron chi connectivity index (χ0n) is 26.8. The fourth-order valence-corrected chi connectivity index (χ4v) is 5.90. The summed E-state index contributed by atoms with van der Waals surface area (Å²) >= 11 is 6.24. The van der Waals surface area contributed by atoms with Gasteiger partial charge in [0, 0.05) is 29.4 Å². The number of hydrogen-bond donors (Lipinski definition) is 2. The van der Waals surface area contributed by atoms with E-state index in [2.05, 4.69) is 5.32 Å². The molecule has 0 radical (unpaired) electrons. The van der Waals surface area contributed by atoms with Crippen LogP contribution >= 0.6 is 25.1 Å². The van der Waals surface area contributed by atoms with Crippen LogP contribution in [0, 0.1) is 39.4 Å². The molecule has 7 nitrogen and oxygen atoms in total. The lowest BCUT2D eigenvalue weighted by molar-refractivity contribution is -0.138. The molecule has 1 unspecified atom stereocenters. The topological polar surface area (TPSA) is 91.6 Å². The number of likely N-dealkylation sites (N-methyl/N-ethyl adjacent to an activating group) is 1. The van der Waals surface area contributed by atoms with Crippen molar-refractivity contribution in [1.82, 2.24) is 14.8 Å². The Morgan fingerprint density at radius 3 is 2.16 bits per heavy atom. The first kappa shape index (κ1) is 37.0. The quantitative estimate of drug-likeness (QED) is 0.229. The zero-order valence-corrected chi connectivity index (χ0v) is 28.6. The zero-order chi connectivity index (χ0) is 32.2. The molecule has 0 fully saturated rings. The lowest BCUT2D eigenvalue weighted by Crippen LogP contribution is -2.40. The van der Waals surface area contributed by atoms with Crippen LogP contribution in [0.15, 0.2) is 41.3 Å². The molecule has 0 spiro atoms. The van der Waals surface area contributed by atoms with Gasteiger partial charge in [-0.1, -0.05) is 25.4 Å². The Morgan fingerprint density at radius 2 is 1.61 bits per heavy atom. The van der Waals surface area contributed by atoms with Crippen LogP contribution in [0.3, 0.4) is 0 Å². The van der Waals surface area contributed by atoms with Gasteiger partial charge in [-0.25, -0.2) is 4.39 Å². The van der Waals surface area contributed by atoms with E-state index in [-0.39, 0.29) is 30.5 Å². The molecule has 0 aliphatic carbocycles. The fraction of sp³-hybridized carbons (Fsp3) is 0.441. The Balaban J connectivity index is 0.00000675. The van der Waals surface area contributed by atoms with Crippen molar-refractivity contribution in [2.75, 3.05) is 20.6 Å². The molecule has 3 rings (SSSR count). The number of carboxylic acids is 1. The highest BCUT2D eigenvalue weighted by molar-refractivity contribution is 7.59. The number of amides is 1. The van der Waals surface area contributed by atoms with Gasteiger partial charge in [-0.3, -0.25) is 14.4 Å². The van der Waals surface area contributed by atoms with Crippen molar-refractivity contribution in [2.24, 2.45) is 5.92 Å². The van der Waals surface area contributed by atoms with Gasteiger partial charge in [-0.05, 0) is 124 Å². The van der Waals surface area contributed by atoms with Crippen molar-refractivity contribution >= 4 is 37.0 Å². The number of benzene rings is 2. The van der Waals surface area contributed by atoms with Crippen LogP contribution in [-0.2, 0) is 16.0 Å². The molecule has 0 aliphatic heterocycles. The first-order chi connectivity index (χ1) is 20.1. The summed E-state index contributed by atoms with van der Waals surface area (Å²) in [6, 6.07) is 6.42. The molecule has 2 aromatic carbocycles. The van der Waals surface area contributed by atoms with E-state index >= 15 is 4.39 Å². The van der Waals surface area contributed by atoms with E-state index in [0.29, 0.717) is 29.0 Å². The standard InChI is InChI=1S/C34H43ClFN3O4.H2S/c1-19(2)11-29(39-18-24(9-10-38(7)8)20(3)15-30(39)40)34(43)37-28(17-31(41)42)27-16-25(12-23(6)33(27)36)32-21(4)13-26(35)14-22(32)5;/h12-16,18-19,28-29H,9-11,17H2,1-8H3,(H,37,43)(H,41,42);1H2/t28-,29?;/m0./s1. The molecule has 2 atom stereocenters. The van der Waals surface area contributed by atoms with Crippen molar-refractivity contribution in [1.29, 1.82) is 0 Å². The summed E-state index contributed by atoms with van der Waals surface area (Å²) < 4.78 is 17.2. The Kier molecular flexibility index (Phi) is 13.2. The number of halogens is 2. The highest BCUT2D eigenvalue weighted by Crippen LogP contribution is 2.35. The lowest BCUT2D eigenvalue weighted by Gasteiger charge is -2.26. The maximum Gasteiger partial charge on any atom is 0.305 e. The van der Waals surface area contributed by atoms with Crippen LogP contribution < -0.4 is 10.9 Å². The Bertz CT molecular complexity index is 1550. The summed E-state index contributed by atoms with van der Waals surface area (Å²) in [5.41, 5.74) is 5.21. The van der Waals surface area contributed by atoms with Gasteiger partial charge in [0.25, 0.3) is 5.56 Å². The Hall–Kier alpha value is -3.14. The van der Waals surface area contributed by atoms with Gasteiger partial charge < -0.3 is 19.9 Å². The number of nitrogens with one attached hydrogen (secondary N) is 1. The lowest BCUT2D eigenvalue weighted by atomic mass is 9.90. The van der Waals surface area contributed by atoms with Crippen molar-refractivity contribution in [3.8, 4) is 11.1 Å². The maximum absolute atomic E-state index is 15.7. The molecule has 0 saturated heterocycles. The van der Waals surface area contributed by atoms with Gasteiger partial charge in [-0.15, -0.1) is 0 Å². The molecule has 44 heavy (non-hydrogen) atoms. The number of aliphatic carboxylic acids is 1. The third-order valence-corrected chi connectivity index (χ3v) is 7.92. The maximum atomic E-state index is 15.7. The first-order valence-electron chi connectivity index (χ1n) is 14.5. The summed E-state index contributed by atoms with van der Waals surface area (Å²) in [7, 11) is 3.93. The largest absolute Gasteiger partial charge is 0.481 e. The number of rotatable bonds is 12. The summed E-state index contributed by atoms with van der Waals surface area (Å²) in [5.74, 6) is -2.26. The number of nitrogens with zero attached hydrogens (tertiary/aromatic N) is 2. The minimum absolute atomic E-state index is 0. The number of carbonyl (C=O) groups is 2. The molecule has 0 bridgehead atoms. The summed E-state index contributed by atoms with van der Waals surface area (Å²) in [4.78, 5) is 41.2. The molecule has 10 heteroatoms. The van der Waals surface area contributed by atoms with Crippen molar-refractivity contribution in [3.63, 3.8) is 0 Å². The van der Waals surface area contributed by atoms with Crippen LogP contribution in [0.25, 0.3) is 11.1 Å². The average molecular weight is 646 g/mol. The Morgan fingerprint density at radius 1 is 1.00 bits per heavy atom. The fourth-order valence-electron chi connectivity index (χ4n) is 5.57. The molecule has 3 aromatic rings. The van der Waals surface area contributed by atoms with Crippen LogP contribution in [0.1, 0.15) is 72.2 Å². The smallest absolute Gasteiger partial charge is 0.305 e. The van der Waals surface area contributed by atoms with Crippen LogP contribution in [-0.4, -0.2) is 47.1 Å². The predicted octanol–water partition coefficient (Wildman–Crippen LogP) is 6.68. The molecule has 2 N–H and O–H groups in total. The minimum Gasteiger partial charge on any atom is -0.481 e. The van der Waals surface area contributed by atoms with E-state index < -0.39 is 36.2 Å². The molecule has 1 aromatic heterocycles. The van der Waals surface area contributed by atoms with Gasteiger partial charge in [-0.2, -0.15) is 13.5 Å². The molecule has 1 heterocycles. The number of carboxylic acid groups (broad SMARTS) is 1. The highest BCUT2D eigenvalue weighted by atomic mass is 35.5. The third kappa shape index (κ3) is 9.19. The Labute approximate surface area is 271 Å². The van der Waals surface area contributed by atoms with Gasteiger partial charge in [0.2, 0.25) is 5.91 Å². The molecule has 0 aliphatic rings. The van der Waals surface area contributed by atoms with Crippen LogP contribution in [0.2, 0.25) is 5.02 Å². The van der Waals surface area contributed by atoms with Crippen molar-refractivity contribution < 1.29 is 19.1 Å². The third-order valence-electron chi connectivity index (χ3n) is 7.70. The summed E-state index contributed by atoms with van der Waals surface area (Å²) in [6.45, 7) is 12.0. The van der Waals surface area contributed by atoms with Gasteiger partial charge in [0.1, 0.15) is 11.9 Å². The van der Waals surface area contributed by atoms with E-state index in [9.17, 15) is 19.5 Å². The number of aromatic nitrogens is 1. The highest BCUT2D eigenvalue weighted by Gasteiger charge is 2.29. The number of pyridine rings is 1. The van der Waals surface area contributed by atoms with E-state index in [1.807, 2.05) is 65.7 Å². The predicted molar refractivity (Wildman–Crippen MR) is 181 cm³/mol. The van der Waals surface area contributed by atoms with Gasteiger partial charge >= 0.3 is 5.97 Å². The number of hydrogen-bond acceptors (Lipinski definition) is 4. The van der Waals surface area contributed by atoms with Crippen molar-refractivity contribution in [2.45, 2.75) is 72.9 Å². The van der Waals surface area contributed by atoms with E-state index in [1.165, 1.54) is 10.6 Å². The van der Waals surface area contributed by atoms with Crippen molar-refractivity contribution in [3.05, 3.63) is 91.1 Å². The first-order valence-corrected chi connectivity index (χ1v) is 14.9. The minimum atomic E-state index is -1.19. The molecule has 240 valence electrons. The number of aryl methyl sites for hydroxylation is 4. The summed E-state index contributed by atoms with van der Waals surface area (Å²) in [5, 5.41) is 13.2. The molecule has 1 amide bonds. The summed E-state index contributed by atoms with van der Waals surface area (Å²) in [6.07, 6.45) is 2.23. The SMILES string of the molecule is Cc1cc(=O)n(C(CC(C)C)C(=O)N[C@@H](CC(=O)O)c2cc(-c3c(C)cc(Cl)cc3C)cc(C)c2F)cc1CCN(C)C.S. The second-order valence-electron chi connectivity index (χ2n) is 12.2.